The predicted octanol–water partition coefficient (Wildman–Crippen LogP) is 1.24. The summed E-state index contributed by atoms with van der Waals surface area (Å²) in [5, 5.41) is 0. The number of nitrogens with one attached hydrogen (secondary N) is 1. The number of sulfonamides is 1. The molecule has 5 nitrogen and oxygen atoms in total. The molecule has 6 heteroatoms. The Morgan fingerprint density at radius 2 is 1.89 bits per heavy atom. The second-order valence-electron chi connectivity index (χ2n) is 5.83. The molecule has 0 aromatic heterocycles. The topological polar surface area (TPSA) is 81.4 Å². The van der Waals surface area contributed by atoms with E-state index in [1.54, 1.807) is 0 Å². The molecular weight excluding hydrogens is 264 g/mol. The lowest BCUT2D eigenvalue weighted by Crippen LogP contribution is -2.32. The minimum Gasteiger partial charge on any atom is -0.378 e. The van der Waals surface area contributed by atoms with E-state index in [9.17, 15) is 8.42 Å². The fourth-order valence-corrected chi connectivity index (χ4v) is 3.75. The molecule has 0 atom stereocenters. The summed E-state index contributed by atoms with van der Waals surface area (Å²) in [6, 6.07) is 0.336. The maximum absolute atomic E-state index is 11.6. The van der Waals surface area contributed by atoms with Crippen molar-refractivity contribution in [3.63, 3.8) is 0 Å². The van der Waals surface area contributed by atoms with E-state index in [-0.39, 0.29) is 11.7 Å². The van der Waals surface area contributed by atoms with Gasteiger partial charge in [-0.05, 0) is 38.0 Å². The van der Waals surface area contributed by atoms with Gasteiger partial charge in [-0.25, -0.2) is 13.1 Å². The Morgan fingerprint density at radius 3 is 2.47 bits per heavy atom. The SMILES string of the molecule is CC(C)CS(=O)(=O)NCCCOC1CCC(N)CC1. The first-order chi connectivity index (χ1) is 8.89. The van der Waals surface area contributed by atoms with E-state index in [1.165, 1.54) is 0 Å². The van der Waals surface area contributed by atoms with Crippen molar-refractivity contribution in [2.24, 2.45) is 11.7 Å². The Hall–Kier alpha value is -0.170. The molecule has 0 aromatic carbocycles. The summed E-state index contributed by atoms with van der Waals surface area (Å²) in [6.45, 7) is 4.87. The van der Waals surface area contributed by atoms with Crippen molar-refractivity contribution >= 4 is 10.0 Å². The van der Waals surface area contributed by atoms with Crippen LogP contribution in [0.4, 0.5) is 0 Å². The van der Waals surface area contributed by atoms with Crippen LogP contribution in [0, 0.1) is 5.92 Å². The molecule has 0 saturated heterocycles. The number of nitrogens with two attached hydrogens (primary N) is 1. The lowest BCUT2D eigenvalue weighted by atomic mass is 9.94. The maximum atomic E-state index is 11.6. The predicted molar refractivity (Wildman–Crippen MR) is 77.4 cm³/mol. The molecule has 0 heterocycles. The van der Waals surface area contributed by atoms with Crippen LogP contribution in [-0.2, 0) is 14.8 Å². The standard InChI is InChI=1S/C13H28N2O3S/c1-11(2)10-19(16,17)15-8-3-9-18-13-6-4-12(14)5-7-13/h11-13,15H,3-10,14H2,1-2H3. The van der Waals surface area contributed by atoms with Gasteiger partial charge in [-0.1, -0.05) is 13.8 Å². The van der Waals surface area contributed by atoms with Gasteiger partial charge in [-0.2, -0.15) is 0 Å². The van der Waals surface area contributed by atoms with E-state index in [0.717, 1.165) is 32.1 Å². The zero-order chi connectivity index (χ0) is 14.3. The van der Waals surface area contributed by atoms with Gasteiger partial charge in [0.2, 0.25) is 10.0 Å². The van der Waals surface area contributed by atoms with Crippen molar-refractivity contribution < 1.29 is 13.2 Å². The van der Waals surface area contributed by atoms with Crippen molar-refractivity contribution in [3.05, 3.63) is 0 Å². The minimum atomic E-state index is -3.12. The molecule has 0 amide bonds. The van der Waals surface area contributed by atoms with Gasteiger partial charge in [0.25, 0.3) is 0 Å². The van der Waals surface area contributed by atoms with Crippen LogP contribution in [0.25, 0.3) is 0 Å². The van der Waals surface area contributed by atoms with Gasteiger partial charge < -0.3 is 10.5 Å². The third kappa shape index (κ3) is 7.87. The summed E-state index contributed by atoms with van der Waals surface area (Å²) in [5.74, 6) is 0.342. The van der Waals surface area contributed by atoms with E-state index in [1.807, 2.05) is 13.8 Å². The van der Waals surface area contributed by atoms with Crippen molar-refractivity contribution in [3.8, 4) is 0 Å². The monoisotopic (exact) mass is 292 g/mol. The number of hydrogen-bond donors (Lipinski definition) is 2. The molecule has 1 rings (SSSR count). The van der Waals surface area contributed by atoms with Gasteiger partial charge in [-0.15, -0.1) is 0 Å². The average Bonchev–Trinajstić information content (AvgIpc) is 2.29. The molecule has 114 valence electrons. The lowest BCUT2D eigenvalue weighted by molar-refractivity contribution is 0.0245. The smallest absolute Gasteiger partial charge is 0.211 e. The summed E-state index contributed by atoms with van der Waals surface area (Å²) < 4.78 is 31.5. The highest BCUT2D eigenvalue weighted by molar-refractivity contribution is 7.89. The highest BCUT2D eigenvalue weighted by Gasteiger charge is 2.18. The van der Waals surface area contributed by atoms with E-state index < -0.39 is 10.0 Å². The first-order valence-corrected chi connectivity index (χ1v) is 8.89. The van der Waals surface area contributed by atoms with Crippen molar-refractivity contribution in [2.75, 3.05) is 18.9 Å². The Kier molecular flexibility index (Phi) is 7.28. The average molecular weight is 292 g/mol. The molecule has 0 aromatic rings. The first-order valence-electron chi connectivity index (χ1n) is 7.23. The van der Waals surface area contributed by atoms with Gasteiger partial charge >= 0.3 is 0 Å². The number of ether oxygens (including phenoxy) is 1. The second kappa shape index (κ2) is 8.19. The van der Waals surface area contributed by atoms with Crippen LogP contribution < -0.4 is 10.5 Å². The first kappa shape index (κ1) is 16.9. The number of hydrogen-bond acceptors (Lipinski definition) is 4. The summed E-state index contributed by atoms with van der Waals surface area (Å²) in [6.07, 6.45) is 5.16. The second-order valence-corrected chi connectivity index (χ2v) is 7.68. The van der Waals surface area contributed by atoms with Crippen molar-refractivity contribution in [2.45, 2.75) is 58.1 Å². The largest absolute Gasteiger partial charge is 0.378 e. The summed E-state index contributed by atoms with van der Waals surface area (Å²) in [7, 11) is -3.12. The highest BCUT2D eigenvalue weighted by Crippen LogP contribution is 2.19. The van der Waals surface area contributed by atoms with E-state index in [2.05, 4.69) is 4.72 Å². The lowest BCUT2D eigenvalue weighted by Gasteiger charge is -2.26. The normalized spacial score (nSPS) is 24.8. The molecule has 1 aliphatic rings. The van der Waals surface area contributed by atoms with Gasteiger partial charge in [0.05, 0.1) is 11.9 Å². The summed E-state index contributed by atoms with van der Waals surface area (Å²) in [5.41, 5.74) is 5.83. The Bertz CT molecular complexity index is 336. The van der Waals surface area contributed by atoms with Crippen LogP contribution in [0.2, 0.25) is 0 Å². The van der Waals surface area contributed by atoms with Crippen LogP contribution in [-0.4, -0.2) is 39.5 Å². The highest BCUT2D eigenvalue weighted by atomic mass is 32.2. The molecule has 1 aliphatic carbocycles. The van der Waals surface area contributed by atoms with E-state index >= 15 is 0 Å². The van der Waals surface area contributed by atoms with E-state index in [4.69, 9.17) is 10.5 Å². The Labute approximate surface area is 117 Å². The molecular formula is C13H28N2O3S. The van der Waals surface area contributed by atoms with Crippen LogP contribution in [0.5, 0.6) is 0 Å². The molecule has 0 aliphatic heterocycles. The third-order valence-corrected chi connectivity index (χ3v) is 5.02. The van der Waals surface area contributed by atoms with Crippen LogP contribution >= 0.6 is 0 Å². The third-order valence-electron chi connectivity index (χ3n) is 3.27. The molecule has 0 spiro atoms. The zero-order valence-corrected chi connectivity index (χ0v) is 12.9. The molecule has 0 radical (unpaired) electrons. The van der Waals surface area contributed by atoms with Gasteiger partial charge in [0, 0.05) is 19.2 Å². The Morgan fingerprint density at radius 1 is 1.26 bits per heavy atom. The van der Waals surface area contributed by atoms with Gasteiger partial charge in [0.1, 0.15) is 0 Å². The molecule has 0 bridgehead atoms. The zero-order valence-electron chi connectivity index (χ0n) is 12.1. The molecule has 1 fully saturated rings. The van der Waals surface area contributed by atoms with Crippen molar-refractivity contribution in [1.82, 2.24) is 4.72 Å². The maximum Gasteiger partial charge on any atom is 0.211 e. The minimum absolute atomic E-state index is 0.153. The molecule has 0 unspecified atom stereocenters. The molecule has 1 saturated carbocycles. The van der Waals surface area contributed by atoms with Crippen LogP contribution in [0.3, 0.4) is 0 Å². The number of rotatable bonds is 8. The van der Waals surface area contributed by atoms with Crippen LogP contribution in [0.1, 0.15) is 46.0 Å². The quantitative estimate of drug-likeness (QED) is 0.659. The fraction of sp³-hybridized carbons (Fsp3) is 1.00. The molecule has 3 N–H and O–H groups in total. The summed E-state index contributed by atoms with van der Waals surface area (Å²) in [4.78, 5) is 0. The van der Waals surface area contributed by atoms with Crippen LogP contribution in [0.15, 0.2) is 0 Å². The van der Waals surface area contributed by atoms with E-state index in [0.29, 0.717) is 25.3 Å². The summed E-state index contributed by atoms with van der Waals surface area (Å²) >= 11 is 0. The Balaban J connectivity index is 2.05. The van der Waals surface area contributed by atoms with Gasteiger partial charge in [0.15, 0.2) is 0 Å². The van der Waals surface area contributed by atoms with Crippen molar-refractivity contribution in [1.29, 1.82) is 0 Å². The molecule has 19 heavy (non-hydrogen) atoms. The van der Waals surface area contributed by atoms with Gasteiger partial charge in [-0.3, -0.25) is 0 Å². The fourth-order valence-electron chi connectivity index (χ4n) is 2.30.